The highest BCUT2D eigenvalue weighted by atomic mass is 16.5. The van der Waals surface area contributed by atoms with Gasteiger partial charge in [0.2, 0.25) is 0 Å². The normalized spacial score (nSPS) is 11.4. The summed E-state index contributed by atoms with van der Waals surface area (Å²) in [5.41, 5.74) is 5.39. The molecule has 1 N–H and O–H groups in total. The molecule has 0 spiro atoms. The molecule has 0 radical (unpaired) electrons. The number of hydrogen-bond acceptors (Lipinski definition) is 2. The summed E-state index contributed by atoms with van der Waals surface area (Å²) in [5, 5.41) is 4.71. The van der Waals surface area contributed by atoms with E-state index in [1.54, 1.807) is 0 Å². The number of aromatic nitrogens is 2. The molecular weight excluding hydrogens is 380 g/mol. The Morgan fingerprint density at radius 1 is 0.710 bits per heavy atom. The maximum atomic E-state index is 6.06. The molecule has 6 aromatic rings. The van der Waals surface area contributed by atoms with Crippen LogP contribution in [0, 0.1) is 0 Å². The lowest BCUT2D eigenvalue weighted by molar-refractivity contribution is 0.306. The molecule has 0 aliphatic carbocycles. The van der Waals surface area contributed by atoms with Crippen molar-refractivity contribution >= 4 is 32.6 Å². The third kappa shape index (κ3) is 3.11. The zero-order valence-corrected chi connectivity index (χ0v) is 16.9. The number of nitrogens with zero attached hydrogens (tertiary/aromatic N) is 1. The Morgan fingerprint density at radius 2 is 1.55 bits per heavy atom. The van der Waals surface area contributed by atoms with Gasteiger partial charge in [-0.25, -0.2) is 0 Å². The van der Waals surface area contributed by atoms with Gasteiger partial charge >= 0.3 is 0 Å². The van der Waals surface area contributed by atoms with Crippen LogP contribution in [0.4, 0.5) is 0 Å². The second-order valence-corrected chi connectivity index (χ2v) is 7.72. The summed E-state index contributed by atoms with van der Waals surface area (Å²) < 4.78 is 6.06. The summed E-state index contributed by atoms with van der Waals surface area (Å²) in [6.45, 7) is 0.553. The number of nitrogens with one attached hydrogen (secondary N) is 1. The molecule has 148 valence electrons. The lowest BCUT2D eigenvalue weighted by Crippen LogP contribution is -1.94. The van der Waals surface area contributed by atoms with E-state index >= 15 is 0 Å². The maximum Gasteiger partial charge on any atom is 0.120 e. The Bertz CT molecular complexity index is 1530. The van der Waals surface area contributed by atoms with Gasteiger partial charge < -0.3 is 9.72 Å². The van der Waals surface area contributed by atoms with Crippen molar-refractivity contribution in [2.45, 2.75) is 6.61 Å². The van der Waals surface area contributed by atoms with Crippen molar-refractivity contribution in [1.29, 1.82) is 0 Å². The molecule has 3 heteroatoms. The van der Waals surface area contributed by atoms with Crippen LogP contribution in [0.3, 0.4) is 0 Å². The molecule has 0 amide bonds. The van der Waals surface area contributed by atoms with Crippen LogP contribution in [0.2, 0.25) is 0 Å². The molecule has 6 rings (SSSR count). The molecule has 0 aliphatic heterocycles. The smallest absolute Gasteiger partial charge is 0.120 e. The number of fused-ring (bicyclic) bond motifs is 4. The number of aromatic amines is 1. The van der Waals surface area contributed by atoms with Gasteiger partial charge in [-0.3, -0.25) is 4.98 Å². The maximum absolute atomic E-state index is 6.06. The fourth-order valence-corrected chi connectivity index (χ4v) is 4.27. The minimum absolute atomic E-state index is 0.553. The first-order valence-corrected chi connectivity index (χ1v) is 10.4. The predicted octanol–water partition coefficient (Wildman–Crippen LogP) is 7.12. The fourth-order valence-electron chi connectivity index (χ4n) is 4.27. The first-order valence-electron chi connectivity index (χ1n) is 10.4. The van der Waals surface area contributed by atoms with E-state index in [9.17, 15) is 0 Å². The molecule has 2 aromatic heterocycles. The monoisotopic (exact) mass is 400 g/mol. The Kier molecular flexibility index (Phi) is 4.17. The lowest BCUT2D eigenvalue weighted by atomic mass is 10.0. The van der Waals surface area contributed by atoms with Crippen LogP contribution in [0.25, 0.3) is 43.8 Å². The number of benzene rings is 4. The molecule has 2 heterocycles. The molecule has 31 heavy (non-hydrogen) atoms. The van der Waals surface area contributed by atoms with Crippen LogP contribution in [0.5, 0.6) is 5.75 Å². The number of rotatable bonds is 4. The third-order valence-electron chi connectivity index (χ3n) is 5.78. The molecule has 0 unspecified atom stereocenters. The van der Waals surface area contributed by atoms with E-state index < -0.39 is 0 Å². The molecule has 0 fully saturated rings. The Morgan fingerprint density at radius 3 is 2.48 bits per heavy atom. The molecule has 0 saturated carbocycles. The molecule has 0 atom stereocenters. The van der Waals surface area contributed by atoms with Crippen LogP contribution >= 0.6 is 0 Å². The van der Waals surface area contributed by atoms with Crippen molar-refractivity contribution < 1.29 is 4.74 Å². The van der Waals surface area contributed by atoms with Crippen molar-refractivity contribution in [2.75, 3.05) is 0 Å². The topological polar surface area (TPSA) is 37.9 Å². The average molecular weight is 400 g/mol. The molecule has 0 bridgehead atoms. The summed E-state index contributed by atoms with van der Waals surface area (Å²) in [6.07, 6.45) is 1.89. The van der Waals surface area contributed by atoms with Crippen molar-refractivity contribution in [3.05, 3.63) is 109 Å². The standard InChI is InChI=1S/C28H20N2O/c1-2-7-19(8-3-1)18-31-21-13-14-26-25(17-21)24-15-16-29-27(28(24)30-26)23-12-6-10-20-9-4-5-11-22(20)23/h1-17,30H,18H2. The summed E-state index contributed by atoms with van der Waals surface area (Å²) in [6, 6.07) is 33.3. The quantitative estimate of drug-likeness (QED) is 0.342. The van der Waals surface area contributed by atoms with E-state index in [-0.39, 0.29) is 0 Å². The Hall–Kier alpha value is -4.11. The van der Waals surface area contributed by atoms with E-state index in [1.165, 1.54) is 10.8 Å². The van der Waals surface area contributed by atoms with Crippen molar-refractivity contribution in [1.82, 2.24) is 9.97 Å². The van der Waals surface area contributed by atoms with Crippen LogP contribution in [-0.4, -0.2) is 9.97 Å². The van der Waals surface area contributed by atoms with Gasteiger partial charge in [0, 0.05) is 28.0 Å². The van der Waals surface area contributed by atoms with Gasteiger partial charge in [0.1, 0.15) is 12.4 Å². The fraction of sp³-hybridized carbons (Fsp3) is 0.0357. The average Bonchev–Trinajstić information content (AvgIpc) is 3.21. The van der Waals surface area contributed by atoms with E-state index in [4.69, 9.17) is 9.72 Å². The minimum Gasteiger partial charge on any atom is -0.489 e. The molecule has 4 aromatic carbocycles. The number of hydrogen-bond donors (Lipinski definition) is 1. The summed E-state index contributed by atoms with van der Waals surface area (Å²) in [4.78, 5) is 8.35. The van der Waals surface area contributed by atoms with Crippen LogP contribution in [0.15, 0.2) is 103 Å². The SMILES string of the molecule is c1ccc(COc2ccc3[nH]c4c(-c5cccc6ccccc56)nccc4c3c2)cc1. The van der Waals surface area contributed by atoms with Gasteiger partial charge in [0.25, 0.3) is 0 Å². The minimum atomic E-state index is 0.553. The van der Waals surface area contributed by atoms with Gasteiger partial charge in [-0.2, -0.15) is 0 Å². The van der Waals surface area contributed by atoms with Gasteiger partial charge in [0.05, 0.1) is 11.2 Å². The summed E-state index contributed by atoms with van der Waals surface area (Å²) >= 11 is 0. The number of pyridine rings is 1. The first-order chi connectivity index (χ1) is 15.4. The van der Waals surface area contributed by atoms with E-state index in [1.807, 2.05) is 30.5 Å². The van der Waals surface area contributed by atoms with Gasteiger partial charge in [0.15, 0.2) is 0 Å². The van der Waals surface area contributed by atoms with Crippen molar-refractivity contribution in [2.24, 2.45) is 0 Å². The molecular formula is C28H20N2O. The molecule has 0 saturated heterocycles. The van der Waals surface area contributed by atoms with Crippen LogP contribution < -0.4 is 4.74 Å². The Balaban J connectivity index is 1.46. The van der Waals surface area contributed by atoms with Crippen molar-refractivity contribution in [3.8, 4) is 17.0 Å². The largest absolute Gasteiger partial charge is 0.489 e. The molecule has 0 aliphatic rings. The Labute approximate surface area is 179 Å². The van der Waals surface area contributed by atoms with Crippen molar-refractivity contribution in [3.63, 3.8) is 0 Å². The van der Waals surface area contributed by atoms with Gasteiger partial charge in [-0.05, 0) is 40.6 Å². The highest BCUT2D eigenvalue weighted by molar-refractivity contribution is 6.13. The van der Waals surface area contributed by atoms with E-state index in [0.717, 1.165) is 44.4 Å². The molecule has 3 nitrogen and oxygen atoms in total. The van der Waals surface area contributed by atoms with Gasteiger partial charge in [-0.1, -0.05) is 72.8 Å². The van der Waals surface area contributed by atoms with Gasteiger partial charge in [-0.15, -0.1) is 0 Å². The number of H-pyrrole nitrogens is 1. The zero-order chi connectivity index (χ0) is 20.6. The highest BCUT2D eigenvalue weighted by Crippen LogP contribution is 2.36. The first kappa shape index (κ1) is 17.7. The van der Waals surface area contributed by atoms with Crippen LogP contribution in [0.1, 0.15) is 5.56 Å². The second kappa shape index (κ2) is 7.29. The summed E-state index contributed by atoms with van der Waals surface area (Å²) in [5.74, 6) is 0.862. The number of ether oxygens (including phenoxy) is 1. The van der Waals surface area contributed by atoms with E-state index in [2.05, 4.69) is 77.8 Å². The second-order valence-electron chi connectivity index (χ2n) is 7.72. The lowest BCUT2D eigenvalue weighted by Gasteiger charge is -2.07. The van der Waals surface area contributed by atoms with E-state index in [0.29, 0.717) is 6.61 Å². The highest BCUT2D eigenvalue weighted by Gasteiger charge is 2.13. The third-order valence-corrected chi connectivity index (χ3v) is 5.78. The van der Waals surface area contributed by atoms with Crippen LogP contribution in [-0.2, 0) is 6.61 Å². The zero-order valence-electron chi connectivity index (χ0n) is 16.9. The summed E-state index contributed by atoms with van der Waals surface area (Å²) in [7, 11) is 0. The predicted molar refractivity (Wildman–Crippen MR) is 127 cm³/mol.